The number of aliphatic hydroxyl groups excluding tert-OH is 3. The normalized spacial score (nSPS) is 17.0. The molecule has 5 aliphatic rings. The van der Waals surface area contributed by atoms with Crippen LogP contribution in [-0.4, -0.2) is 222 Å². The van der Waals surface area contributed by atoms with Gasteiger partial charge in [0.1, 0.15) is 34.6 Å². The van der Waals surface area contributed by atoms with E-state index in [-0.39, 0.29) is 41.4 Å². The van der Waals surface area contributed by atoms with Crippen molar-refractivity contribution >= 4 is 55.6 Å². The number of carboxylic acid groups (broad SMARTS) is 1. The summed E-state index contributed by atoms with van der Waals surface area (Å²) in [6, 6.07) is 33.8. The molecule has 9 N–H and O–H groups in total. The third-order valence-corrected chi connectivity index (χ3v) is 21.4. The highest BCUT2D eigenvalue weighted by Crippen LogP contribution is 2.33. The van der Waals surface area contributed by atoms with E-state index in [1.807, 2.05) is 77.1 Å². The lowest BCUT2D eigenvalue weighted by atomic mass is 10.1. The molecule has 5 saturated heterocycles. The minimum absolute atomic E-state index is 0. The molecule has 0 aliphatic carbocycles. The van der Waals surface area contributed by atoms with Gasteiger partial charge in [-0.25, -0.2) is 14.2 Å². The van der Waals surface area contributed by atoms with Crippen LogP contribution in [0.1, 0.15) is 191 Å². The number of nitrogens with zero attached hydrogens (tertiary/aromatic N) is 8. The van der Waals surface area contributed by atoms with Gasteiger partial charge >= 0.3 is 17.3 Å². The van der Waals surface area contributed by atoms with Gasteiger partial charge in [0.25, 0.3) is 5.56 Å². The van der Waals surface area contributed by atoms with Gasteiger partial charge < -0.3 is 85.2 Å². The number of nitro groups is 2. The number of methoxy groups -OCH3 is 4. The second kappa shape index (κ2) is 60.7. The summed E-state index contributed by atoms with van der Waals surface area (Å²) in [6.07, 6.45) is 20.5. The molecule has 5 fully saturated rings. The summed E-state index contributed by atoms with van der Waals surface area (Å²) in [4.78, 5) is 58.5. The van der Waals surface area contributed by atoms with Crippen LogP contribution in [0.3, 0.4) is 0 Å². The van der Waals surface area contributed by atoms with Gasteiger partial charge in [0, 0.05) is 112 Å². The van der Waals surface area contributed by atoms with Crippen LogP contribution < -0.4 is 50.8 Å². The Hall–Kier alpha value is -8.78. The van der Waals surface area contributed by atoms with Crippen molar-refractivity contribution in [2.75, 3.05) is 138 Å². The number of alkyl halides is 1. The highest BCUT2D eigenvalue weighted by Gasteiger charge is 2.24. The average Bonchev–Trinajstić information content (AvgIpc) is 1.04. The Labute approximate surface area is 721 Å². The second-order valence-corrected chi connectivity index (χ2v) is 30.4. The van der Waals surface area contributed by atoms with Gasteiger partial charge in [0.15, 0.2) is 5.75 Å². The number of aryl methyl sites for hydroxylation is 4. The molecule has 1 aromatic heterocycles. The summed E-state index contributed by atoms with van der Waals surface area (Å²) in [5.74, 6) is 2.09. The molecule has 5 atom stereocenters. The predicted octanol–water partition coefficient (Wildman–Crippen LogP) is 16.9. The molecular weight excluding hydrogens is 1600 g/mol. The van der Waals surface area contributed by atoms with Gasteiger partial charge in [-0.2, -0.15) is 0 Å². The number of hydrogen-bond acceptors (Lipinski definition) is 23. The van der Waals surface area contributed by atoms with Crippen molar-refractivity contribution in [2.45, 2.75) is 216 Å². The molecule has 27 nitrogen and oxygen atoms in total. The Morgan fingerprint density at radius 3 is 1.45 bits per heavy atom. The Kier molecular flexibility index (Phi) is 54.2. The number of nitro benzene ring substituents is 2. The number of ether oxygens (including phenoxy) is 6. The zero-order valence-corrected chi connectivity index (χ0v) is 75.0. The number of unbranched alkanes of at least 4 members (excludes halogenated alkanes) is 1. The second-order valence-electron chi connectivity index (χ2n) is 29.6. The number of nitrogen functional groups attached to an aromatic ring is 2. The lowest BCUT2D eigenvalue weighted by Crippen LogP contribution is -2.28. The Bertz CT molecular complexity index is 4120. The fourth-order valence-electron chi connectivity index (χ4n) is 14.1. The summed E-state index contributed by atoms with van der Waals surface area (Å²) in [6.45, 7) is 33.6. The fraction of sp³-hybridized carbons (Fsp3) is 0.571. The number of aromatic nitrogens is 2. The van der Waals surface area contributed by atoms with Crippen LogP contribution in [0.2, 0.25) is 0 Å². The number of fused-ring (bicyclic) bond motifs is 1. The first kappa shape index (κ1) is 107. The number of aliphatic hydroxyl groups is 3. The molecule has 0 bridgehead atoms. The van der Waals surface area contributed by atoms with Gasteiger partial charge in [-0.15, -0.1) is 0 Å². The number of carboxylic acids is 1. The number of nitrogens with one attached hydrogen (secondary N) is 1. The van der Waals surface area contributed by atoms with E-state index >= 15 is 0 Å². The average molecular weight is 1750 g/mol. The maximum atomic E-state index is 13.3. The summed E-state index contributed by atoms with van der Waals surface area (Å²) >= 11 is 3.15. The van der Waals surface area contributed by atoms with E-state index in [9.17, 15) is 34.2 Å². The van der Waals surface area contributed by atoms with Crippen molar-refractivity contribution in [3.63, 3.8) is 0 Å². The van der Waals surface area contributed by atoms with Crippen LogP contribution in [-0.2, 0) is 6.42 Å². The lowest BCUT2D eigenvalue weighted by molar-refractivity contribution is -0.385. The third-order valence-electron chi connectivity index (χ3n) is 20.8. The molecule has 6 heterocycles. The van der Waals surface area contributed by atoms with Crippen LogP contribution in [0.25, 0.3) is 16.6 Å². The third kappa shape index (κ3) is 38.1. The molecule has 6 aromatic carbocycles. The van der Waals surface area contributed by atoms with Gasteiger partial charge in [-0.1, -0.05) is 66.5 Å². The molecule has 120 heavy (non-hydrogen) atoms. The topological polar surface area (TPSA) is 352 Å². The summed E-state index contributed by atoms with van der Waals surface area (Å²) in [5, 5.41) is 58.2. The molecule has 0 saturated carbocycles. The molecule has 0 radical (unpaired) electrons. The van der Waals surface area contributed by atoms with Crippen LogP contribution >= 0.6 is 15.9 Å². The molecule has 5 aliphatic heterocycles. The number of likely N-dealkylation sites (tertiary alicyclic amines) is 4. The molecular formula is C91H143BrFN11O16. The fourth-order valence-corrected chi connectivity index (χ4v) is 14.4. The minimum Gasteiger partial charge on any atom is -0.495 e. The monoisotopic (exact) mass is 1740 g/mol. The van der Waals surface area contributed by atoms with Crippen LogP contribution in [0.4, 0.5) is 27.1 Å². The smallest absolute Gasteiger partial charge is 0.337 e. The first-order chi connectivity index (χ1) is 57.2. The molecule has 672 valence electrons. The quantitative estimate of drug-likeness (QED) is 0.00787. The van der Waals surface area contributed by atoms with Gasteiger partial charge in [0.05, 0.1) is 79.3 Å². The number of rotatable bonds is 28. The summed E-state index contributed by atoms with van der Waals surface area (Å²) in [5.41, 5.74) is 16.6. The Morgan fingerprint density at radius 1 is 0.567 bits per heavy atom. The number of halogens is 2. The zero-order valence-electron chi connectivity index (χ0n) is 73.4. The molecule has 0 unspecified atom stereocenters. The van der Waals surface area contributed by atoms with Gasteiger partial charge in [0.2, 0.25) is 5.75 Å². The minimum atomic E-state index is -0.980. The van der Waals surface area contributed by atoms with Crippen LogP contribution in [0.15, 0.2) is 114 Å². The molecule has 7 aromatic rings. The number of nitrogens with two attached hydrogens (primary N) is 2. The Balaban J connectivity index is 0.000000488. The van der Waals surface area contributed by atoms with E-state index in [2.05, 4.69) is 97.3 Å². The van der Waals surface area contributed by atoms with Crippen molar-refractivity contribution in [1.29, 1.82) is 0 Å². The van der Waals surface area contributed by atoms with Crippen LogP contribution in [0, 0.1) is 46.8 Å². The molecule has 12 rings (SSSR count). The standard InChI is InChI=1S/C26H33N3O2.C15H22N2O4.C15H24N2O2.C8H9NO2.C8H17NO.C7H6FNO3.C5H11N.C3H7BrO.C2H6.CH4O.CH4/c1-18-10-12-23-22(16-18)26(30)29(20(3)27-23)24-13-11-21(17-25(24)31-4)9-5-6-14-28-15-7-8-19(28)2;1-12-5-3-8-16(12)9-4-10-21-13-6-7-14(17(18)19)15(11-13)20-2;1-12-5-3-8-17(12)9-4-10-19-13-6-7-14(16)15(11-13)18-2;1-5-2-3-7(9)6(4-5)8(10)11;1-8-4-2-5-9(8)6-3-7-10;1-12-7-4-5(8)2-3-6(7)9(10)11;1-5-3-2-4-6-5;4-2-1-3-5;2*1-2;/h10-13,16-17,19H,5-9,14-15H2,1-4H3;6-7,11-12H,3-5,8-10H2,1-2H3;6-7,11-12H,3-5,8-10,16H2,1-2H3;2-4H,9H2,1H3,(H,10,11);8,10H,2-7H2,1H3;2-4H,1H3;5-6H,2-4H2,1H3;5H,1-3H2;1-2H3;2H,1H3;1H4/t19-;2*12-;;8-;;5-;;;;/m111.1.1..../s1. The number of benzene rings is 6. The van der Waals surface area contributed by atoms with E-state index in [1.54, 1.807) is 49.1 Å². The van der Waals surface area contributed by atoms with Crippen molar-refractivity contribution in [3.8, 4) is 40.2 Å². The zero-order chi connectivity index (χ0) is 88.4. The summed E-state index contributed by atoms with van der Waals surface area (Å²) in [7, 11) is 6.95. The first-order valence-electron chi connectivity index (χ1n) is 41.9. The number of hydrogen-bond donors (Lipinski definition) is 7. The van der Waals surface area contributed by atoms with Gasteiger partial charge in [-0.05, 0) is 270 Å². The van der Waals surface area contributed by atoms with E-state index in [0.717, 1.165) is 148 Å². The van der Waals surface area contributed by atoms with Crippen molar-refractivity contribution in [2.24, 2.45) is 0 Å². The maximum Gasteiger partial charge on any atom is 0.337 e. The maximum absolute atomic E-state index is 13.3. The molecule has 0 spiro atoms. The molecule has 29 heteroatoms. The van der Waals surface area contributed by atoms with Crippen molar-refractivity contribution in [1.82, 2.24) is 34.5 Å². The highest BCUT2D eigenvalue weighted by atomic mass is 79.9. The Morgan fingerprint density at radius 2 is 1.02 bits per heavy atom. The predicted molar refractivity (Wildman–Crippen MR) is 487 cm³/mol. The van der Waals surface area contributed by atoms with Crippen LogP contribution in [0.5, 0.6) is 34.5 Å². The van der Waals surface area contributed by atoms with E-state index in [4.69, 9.17) is 55.6 Å². The van der Waals surface area contributed by atoms with E-state index in [1.165, 1.54) is 136 Å². The van der Waals surface area contributed by atoms with Gasteiger partial charge in [-0.3, -0.25) is 29.6 Å². The SMILES string of the molecule is C.CC.CO.COc1cc(CCCCN2CCC[C@H]2C)ccc1-n1c(C)nc2ccc(C)cc2c1=O.COc1cc(F)ccc1[N+](=O)[O-].COc1cc(OCCCN2CCC[C@H]2C)ccc1N.COc1cc(OCCCN2CCC[C@H]2C)ccc1[N+](=O)[O-].C[C@@H]1CCCN1.C[C@@H]1CCCN1CCCO.Cc1ccc(N)c(C(=O)O)c1.OCCCBr. The summed E-state index contributed by atoms with van der Waals surface area (Å²) < 4.78 is 46.0. The highest BCUT2D eigenvalue weighted by molar-refractivity contribution is 9.09. The first-order valence-corrected chi connectivity index (χ1v) is 43.0. The number of carbonyl (C=O) groups is 1. The van der Waals surface area contributed by atoms with Crippen molar-refractivity contribution in [3.05, 3.63) is 174 Å². The number of aromatic carboxylic acids is 1. The molecule has 0 amide bonds. The van der Waals surface area contributed by atoms with E-state index < -0.39 is 21.6 Å². The van der Waals surface area contributed by atoms with Crippen molar-refractivity contribution < 1.29 is 67.9 Å². The largest absolute Gasteiger partial charge is 0.495 e. The van der Waals surface area contributed by atoms with E-state index in [0.29, 0.717) is 65.7 Å². The number of anilines is 2. The lowest BCUT2D eigenvalue weighted by Gasteiger charge is -2.20.